The van der Waals surface area contributed by atoms with Crippen molar-refractivity contribution in [3.63, 3.8) is 0 Å². The molecule has 142 valence electrons. The van der Waals surface area contributed by atoms with Crippen molar-refractivity contribution in [2.24, 2.45) is 5.92 Å². The summed E-state index contributed by atoms with van der Waals surface area (Å²) in [6.45, 7) is 3.26. The van der Waals surface area contributed by atoms with Crippen LogP contribution in [-0.4, -0.2) is 30.3 Å². The molecule has 0 radical (unpaired) electrons. The molecular formula is C25H26N2O. The van der Waals surface area contributed by atoms with E-state index in [-0.39, 0.29) is 5.78 Å². The van der Waals surface area contributed by atoms with Crippen LogP contribution < -0.4 is 5.32 Å². The van der Waals surface area contributed by atoms with E-state index in [1.165, 1.54) is 11.3 Å². The maximum absolute atomic E-state index is 12.9. The Kier molecular flexibility index (Phi) is 4.12. The van der Waals surface area contributed by atoms with Crippen molar-refractivity contribution in [2.75, 3.05) is 18.9 Å². The minimum Gasteiger partial charge on any atom is -0.388 e. The topological polar surface area (TPSA) is 32.3 Å². The maximum Gasteiger partial charge on any atom is 0.189 e. The molecule has 0 spiro atoms. The first-order valence-corrected chi connectivity index (χ1v) is 10.3. The Morgan fingerprint density at radius 1 is 1.25 bits per heavy atom. The van der Waals surface area contributed by atoms with E-state index in [0.717, 1.165) is 53.8 Å². The van der Waals surface area contributed by atoms with Gasteiger partial charge in [-0.2, -0.15) is 0 Å². The summed E-state index contributed by atoms with van der Waals surface area (Å²) in [6, 6.07) is 6.43. The van der Waals surface area contributed by atoms with Crippen LogP contribution in [0.15, 0.2) is 77.1 Å². The van der Waals surface area contributed by atoms with E-state index >= 15 is 0 Å². The predicted octanol–water partition coefficient (Wildman–Crippen LogP) is 4.81. The van der Waals surface area contributed by atoms with Crippen molar-refractivity contribution in [2.45, 2.75) is 32.2 Å². The standard InChI is InChI=1S/C25H26N2O/c1-3-27-23-7-5-4-6-21(23)22-13-16(8-11-24(22)27)12-18-14-17-15-19(26-2)9-10-20(17)25(18)28/h6-13,15,22,24,26H,3-5,14H2,1-2H3/b18-12-. The number of likely N-dealkylation sites (N-methyl/N-ethyl adjacent to an activating group) is 1. The van der Waals surface area contributed by atoms with E-state index < -0.39 is 0 Å². The molecule has 1 saturated heterocycles. The molecule has 0 aromatic heterocycles. The van der Waals surface area contributed by atoms with E-state index in [9.17, 15) is 4.79 Å². The van der Waals surface area contributed by atoms with Crippen LogP contribution in [-0.2, 0) is 6.42 Å². The smallest absolute Gasteiger partial charge is 0.189 e. The highest BCUT2D eigenvalue weighted by molar-refractivity contribution is 6.13. The Bertz CT molecular complexity index is 1010. The first kappa shape index (κ1) is 17.3. The maximum atomic E-state index is 12.9. The summed E-state index contributed by atoms with van der Waals surface area (Å²) in [5.74, 6) is 0.575. The quantitative estimate of drug-likeness (QED) is 0.775. The molecule has 1 aromatic rings. The Labute approximate surface area is 166 Å². The number of likely N-dealkylation sites (tertiary alicyclic amines) is 1. The van der Waals surface area contributed by atoms with Gasteiger partial charge in [0, 0.05) is 48.5 Å². The Morgan fingerprint density at radius 3 is 2.93 bits per heavy atom. The number of Topliss-reactive ketones (excluding diaryl/α,β-unsaturated/α-hetero) is 1. The second kappa shape index (κ2) is 6.66. The van der Waals surface area contributed by atoms with E-state index in [1.807, 2.05) is 19.2 Å². The van der Waals surface area contributed by atoms with Gasteiger partial charge in [-0.15, -0.1) is 0 Å². The monoisotopic (exact) mass is 370 g/mol. The van der Waals surface area contributed by atoms with Gasteiger partial charge in [0.15, 0.2) is 5.78 Å². The molecule has 3 nitrogen and oxygen atoms in total. The SMILES string of the molecule is CCN1C2=CCCC=C2C2C=C(/C=C3/Cc4cc(NC)ccc4C3=O)C=CC21. The van der Waals surface area contributed by atoms with Gasteiger partial charge in [-0.1, -0.05) is 30.4 Å². The van der Waals surface area contributed by atoms with E-state index in [1.54, 1.807) is 0 Å². The molecule has 0 bridgehead atoms. The minimum absolute atomic E-state index is 0.174. The lowest BCUT2D eigenvalue weighted by Crippen LogP contribution is -2.30. The summed E-state index contributed by atoms with van der Waals surface area (Å²) in [5, 5.41) is 3.16. The van der Waals surface area contributed by atoms with Crippen LogP contribution in [0.4, 0.5) is 5.69 Å². The predicted molar refractivity (Wildman–Crippen MR) is 114 cm³/mol. The summed E-state index contributed by atoms with van der Waals surface area (Å²) >= 11 is 0. The van der Waals surface area contributed by atoms with Crippen LogP contribution in [0.5, 0.6) is 0 Å². The number of ketones is 1. The molecule has 1 fully saturated rings. The largest absolute Gasteiger partial charge is 0.388 e. The molecule has 5 rings (SSSR count). The summed E-state index contributed by atoms with van der Waals surface area (Å²) in [7, 11) is 1.91. The van der Waals surface area contributed by atoms with Crippen LogP contribution in [0, 0.1) is 5.92 Å². The molecular weight excluding hydrogens is 344 g/mol. The van der Waals surface area contributed by atoms with Gasteiger partial charge in [-0.25, -0.2) is 0 Å². The number of benzene rings is 1. The number of hydrogen-bond donors (Lipinski definition) is 1. The lowest BCUT2D eigenvalue weighted by Gasteiger charge is -2.27. The number of fused-ring (bicyclic) bond motifs is 4. The van der Waals surface area contributed by atoms with Crippen molar-refractivity contribution in [3.05, 3.63) is 88.2 Å². The number of rotatable bonds is 3. The van der Waals surface area contributed by atoms with Gasteiger partial charge in [-0.3, -0.25) is 4.79 Å². The van der Waals surface area contributed by atoms with Crippen molar-refractivity contribution < 1.29 is 4.79 Å². The summed E-state index contributed by atoms with van der Waals surface area (Å²) in [6.07, 6.45) is 16.8. The lowest BCUT2D eigenvalue weighted by atomic mass is 9.86. The molecule has 1 aromatic carbocycles. The Balaban J connectivity index is 1.46. The third-order valence-corrected chi connectivity index (χ3v) is 6.41. The molecule has 2 unspecified atom stereocenters. The molecule has 0 amide bonds. The summed E-state index contributed by atoms with van der Waals surface area (Å²) < 4.78 is 0. The highest BCUT2D eigenvalue weighted by atomic mass is 16.1. The fraction of sp³-hybridized carbons (Fsp3) is 0.320. The molecule has 0 saturated carbocycles. The van der Waals surface area contributed by atoms with Crippen molar-refractivity contribution in [1.82, 2.24) is 4.90 Å². The second-order valence-corrected chi connectivity index (χ2v) is 7.95. The van der Waals surface area contributed by atoms with Gasteiger partial charge in [0.25, 0.3) is 0 Å². The van der Waals surface area contributed by atoms with Gasteiger partial charge in [0.2, 0.25) is 0 Å². The Morgan fingerprint density at radius 2 is 2.11 bits per heavy atom. The number of hydrogen-bond acceptors (Lipinski definition) is 3. The zero-order valence-corrected chi connectivity index (χ0v) is 16.5. The highest BCUT2D eigenvalue weighted by Crippen LogP contribution is 2.44. The van der Waals surface area contributed by atoms with Crippen molar-refractivity contribution >= 4 is 11.5 Å². The zero-order valence-electron chi connectivity index (χ0n) is 16.5. The zero-order chi connectivity index (χ0) is 19.3. The van der Waals surface area contributed by atoms with E-state index in [0.29, 0.717) is 12.0 Å². The number of nitrogens with one attached hydrogen (secondary N) is 1. The van der Waals surface area contributed by atoms with Gasteiger partial charge in [0.1, 0.15) is 0 Å². The number of carbonyl (C=O) groups is 1. The normalized spacial score (nSPS) is 26.5. The third kappa shape index (κ3) is 2.61. The van der Waals surface area contributed by atoms with E-state index in [2.05, 4.69) is 59.7 Å². The first-order valence-electron chi connectivity index (χ1n) is 10.3. The average molecular weight is 370 g/mol. The Hall–Kier alpha value is -2.81. The molecule has 4 aliphatic rings. The van der Waals surface area contributed by atoms with Gasteiger partial charge >= 0.3 is 0 Å². The number of allylic oxidation sites excluding steroid dienone is 7. The van der Waals surface area contributed by atoms with Crippen LogP contribution in [0.1, 0.15) is 35.7 Å². The van der Waals surface area contributed by atoms with Crippen LogP contribution in [0.25, 0.3) is 0 Å². The molecule has 3 aliphatic carbocycles. The number of nitrogens with zero attached hydrogens (tertiary/aromatic N) is 1. The van der Waals surface area contributed by atoms with E-state index in [4.69, 9.17) is 0 Å². The minimum atomic E-state index is 0.174. The molecule has 2 atom stereocenters. The fourth-order valence-electron chi connectivity index (χ4n) is 5.06. The summed E-state index contributed by atoms with van der Waals surface area (Å²) in [4.78, 5) is 15.4. The van der Waals surface area contributed by atoms with Gasteiger partial charge < -0.3 is 10.2 Å². The molecule has 1 heterocycles. The van der Waals surface area contributed by atoms with Crippen molar-refractivity contribution in [1.29, 1.82) is 0 Å². The molecule has 3 heteroatoms. The number of anilines is 1. The van der Waals surface area contributed by atoms with Crippen molar-refractivity contribution in [3.8, 4) is 0 Å². The van der Waals surface area contributed by atoms with Crippen LogP contribution >= 0.6 is 0 Å². The lowest BCUT2D eigenvalue weighted by molar-refractivity contribution is 0.103. The van der Waals surface area contributed by atoms with Crippen LogP contribution in [0.3, 0.4) is 0 Å². The first-order chi connectivity index (χ1) is 13.7. The molecule has 28 heavy (non-hydrogen) atoms. The summed E-state index contributed by atoms with van der Waals surface area (Å²) in [5.41, 5.74) is 7.98. The second-order valence-electron chi connectivity index (χ2n) is 7.95. The van der Waals surface area contributed by atoms with Gasteiger partial charge in [0.05, 0.1) is 6.04 Å². The third-order valence-electron chi connectivity index (χ3n) is 6.41. The van der Waals surface area contributed by atoms with Crippen LogP contribution in [0.2, 0.25) is 0 Å². The fourth-order valence-corrected chi connectivity index (χ4v) is 5.06. The average Bonchev–Trinajstić information content (AvgIpc) is 3.22. The molecule has 1 aliphatic heterocycles. The highest BCUT2D eigenvalue weighted by Gasteiger charge is 2.39. The molecule has 1 N–H and O–H groups in total. The van der Waals surface area contributed by atoms with Gasteiger partial charge in [-0.05, 0) is 60.8 Å². The number of carbonyl (C=O) groups excluding carboxylic acids is 1.